The van der Waals surface area contributed by atoms with Gasteiger partial charge >= 0.3 is 0 Å². The molecule has 0 atom stereocenters. The first kappa shape index (κ1) is 25.7. The van der Waals surface area contributed by atoms with E-state index in [0.29, 0.717) is 40.2 Å². The van der Waals surface area contributed by atoms with E-state index in [2.05, 4.69) is 46.0 Å². The number of ether oxygens (including phenoxy) is 2. The van der Waals surface area contributed by atoms with Gasteiger partial charge in [0.1, 0.15) is 28.8 Å². The maximum Gasteiger partial charge on any atom is 0.260 e. The number of rotatable bonds is 10. The molecule has 3 aromatic heterocycles. The molecule has 0 amide bonds. The van der Waals surface area contributed by atoms with E-state index in [0.717, 1.165) is 26.6 Å². The smallest absolute Gasteiger partial charge is 0.260 e. The van der Waals surface area contributed by atoms with E-state index in [9.17, 15) is 4.79 Å². The molecule has 0 bridgehead atoms. The Labute approximate surface area is 228 Å². The average molecular weight is 546 g/mol. The third-order valence-corrected chi connectivity index (χ3v) is 7.97. The van der Waals surface area contributed by atoms with Crippen LogP contribution in [-0.4, -0.2) is 31.8 Å². The molecule has 0 aliphatic heterocycles. The Hall–Kier alpha value is -3.89. The first-order chi connectivity index (χ1) is 18.5. The number of H-pyrrole nitrogens is 1. The van der Waals surface area contributed by atoms with E-state index in [1.165, 1.54) is 28.7 Å². The summed E-state index contributed by atoms with van der Waals surface area (Å²) in [6, 6.07) is 15.6. The number of nitrogens with zero attached hydrogens (tertiary/aromatic N) is 4. The molecule has 2 aromatic carbocycles. The second kappa shape index (κ2) is 11.2. The minimum absolute atomic E-state index is 0.133. The van der Waals surface area contributed by atoms with Crippen molar-refractivity contribution in [3.63, 3.8) is 0 Å². The van der Waals surface area contributed by atoms with Gasteiger partial charge in [0.2, 0.25) is 0 Å². The molecule has 10 heteroatoms. The van der Waals surface area contributed by atoms with E-state index in [4.69, 9.17) is 14.5 Å². The molecule has 5 rings (SSSR count). The highest BCUT2D eigenvalue weighted by Crippen LogP contribution is 2.36. The van der Waals surface area contributed by atoms with Crippen LogP contribution in [0.15, 0.2) is 71.1 Å². The number of nitrogens with one attached hydrogen (secondary N) is 1. The molecule has 0 saturated heterocycles. The van der Waals surface area contributed by atoms with E-state index in [1.807, 2.05) is 42.7 Å². The van der Waals surface area contributed by atoms with Crippen molar-refractivity contribution in [2.24, 2.45) is 0 Å². The summed E-state index contributed by atoms with van der Waals surface area (Å²) in [5.41, 5.74) is 3.02. The Balaban J connectivity index is 1.34. The molecule has 0 saturated carbocycles. The van der Waals surface area contributed by atoms with E-state index >= 15 is 0 Å². The van der Waals surface area contributed by atoms with Gasteiger partial charge in [-0.2, -0.15) is 0 Å². The number of methoxy groups -OCH3 is 1. The maximum atomic E-state index is 13.2. The quantitative estimate of drug-likeness (QED) is 0.172. The summed E-state index contributed by atoms with van der Waals surface area (Å²) in [7, 11) is 1.63. The molecule has 8 nitrogen and oxygen atoms in total. The SMILES string of the molecule is C=CCn1c(COc2ccc(OC)cc2)nnc1SCc1nc2sc(C)c(-c3ccc(C)cc3)c2c(=O)[nH]1. The Bertz CT molecular complexity index is 1640. The number of hydrogen-bond donors (Lipinski definition) is 1. The molecule has 0 fully saturated rings. The number of aryl methyl sites for hydroxylation is 2. The van der Waals surface area contributed by atoms with Crippen LogP contribution in [0, 0.1) is 13.8 Å². The van der Waals surface area contributed by atoms with Crippen LogP contribution in [0.25, 0.3) is 21.3 Å². The average Bonchev–Trinajstić information content (AvgIpc) is 3.47. The van der Waals surface area contributed by atoms with Crippen molar-refractivity contribution in [2.75, 3.05) is 7.11 Å². The number of thioether (sulfide) groups is 1. The van der Waals surface area contributed by atoms with Crippen molar-refractivity contribution in [1.82, 2.24) is 24.7 Å². The highest BCUT2D eigenvalue weighted by Gasteiger charge is 2.18. The lowest BCUT2D eigenvalue weighted by molar-refractivity contribution is 0.288. The van der Waals surface area contributed by atoms with Crippen molar-refractivity contribution in [1.29, 1.82) is 0 Å². The molecule has 0 spiro atoms. The Morgan fingerprint density at radius 3 is 2.53 bits per heavy atom. The number of benzene rings is 2. The molecular formula is C28H27N5O3S2. The van der Waals surface area contributed by atoms with Crippen LogP contribution < -0.4 is 15.0 Å². The van der Waals surface area contributed by atoms with Crippen LogP contribution in [-0.2, 0) is 18.9 Å². The molecule has 0 aliphatic carbocycles. The zero-order chi connectivity index (χ0) is 26.6. The van der Waals surface area contributed by atoms with Crippen LogP contribution in [0.5, 0.6) is 11.5 Å². The zero-order valence-corrected chi connectivity index (χ0v) is 23.0. The number of fused-ring (bicyclic) bond motifs is 1. The van der Waals surface area contributed by atoms with Crippen LogP contribution >= 0.6 is 23.1 Å². The molecular weight excluding hydrogens is 518 g/mol. The molecule has 194 valence electrons. The van der Waals surface area contributed by atoms with Crippen molar-refractivity contribution >= 4 is 33.3 Å². The maximum absolute atomic E-state index is 13.2. The summed E-state index contributed by atoms with van der Waals surface area (Å²) in [5, 5.41) is 10.0. The van der Waals surface area contributed by atoms with E-state index < -0.39 is 0 Å². The lowest BCUT2D eigenvalue weighted by Gasteiger charge is -2.09. The standard InChI is InChI=1S/C28H27N5O3S2/c1-5-14-33-23(15-36-21-12-10-20(35-4)11-13-21)31-32-28(33)37-16-22-29-26(34)25-24(18(3)38-27(25)30-22)19-8-6-17(2)7-9-19/h5-13H,1,14-16H2,2-4H3,(H,29,30,34). The van der Waals surface area contributed by atoms with E-state index in [-0.39, 0.29) is 12.2 Å². The number of thiophene rings is 1. The van der Waals surface area contributed by atoms with Crippen LogP contribution in [0.3, 0.4) is 0 Å². The van der Waals surface area contributed by atoms with Gasteiger partial charge in [0.25, 0.3) is 5.56 Å². The van der Waals surface area contributed by atoms with Crippen molar-refractivity contribution in [3.05, 3.63) is 93.6 Å². The Kier molecular flexibility index (Phi) is 7.62. The molecule has 5 aromatic rings. The summed E-state index contributed by atoms with van der Waals surface area (Å²) in [6.07, 6.45) is 1.79. The molecule has 3 heterocycles. The minimum atomic E-state index is -0.133. The van der Waals surface area contributed by atoms with Gasteiger partial charge in [-0.3, -0.25) is 9.36 Å². The second-order valence-electron chi connectivity index (χ2n) is 8.64. The third-order valence-electron chi connectivity index (χ3n) is 6.00. The Morgan fingerprint density at radius 1 is 1.08 bits per heavy atom. The lowest BCUT2D eigenvalue weighted by atomic mass is 10.0. The van der Waals surface area contributed by atoms with Crippen LogP contribution in [0.2, 0.25) is 0 Å². The van der Waals surface area contributed by atoms with Crippen molar-refractivity contribution < 1.29 is 9.47 Å². The highest BCUT2D eigenvalue weighted by molar-refractivity contribution is 7.98. The van der Waals surface area contributed by atoms with Crippen LogP contribution in [0.1, 0.15) is 22.1 Å². The number of aromatic amines is 1. The first-order valence-corrected chi connectivity index (χ1v) is 13.8. The van der Waals surface area contributed by atoms with E-state index in [1.54, 1.807) is 13.2 Å². The molecule has 38 heavy (non-hydrogen) atoms. The largest absolute Gasteiger partial charge is 0.497 e. The summed E-state index contributed by atoms with van der Waals surface area (Å²) in [6.45, 7) is 8.73. The van der Waals surface area contributed by atoms with Crippen LogP contribution in [0.4, 0.5) is 0 Å². The van der Waals surface area contributed by atoms with Crippen molar-refractivity contribution in [3.8, 4) is 22.6 Å². The third kappa shape index (κ3) is 5.36. The van der Waals surface area contributed by atoms with Gasteiger partial charge in [-0.1, -0.05) is 47.7 Å². The molecule has 1 N–H and O–H groups in total. The van der Waals surface area contributed by atoms with Gasteiger partial charge in [0.15, 0.2) is 11.0 Å². The fourth-order valence-electron chi connectivity index (χ4n) is 4.10. The summed E-state index contributed by atoms with van der Waals surface area (Å²) >= 11 is 2.99. The van der Waals surface area contributed by atoms with Gasteiger partial charge in [0, 0.05) is 17.0 Å². The van der Waals surface area contributed by atoms with Gasteiger partial charge in [-0.25, -0.2) is 4.98 Å². The number of aromatic nitrogens is 5. The highest BCUT2D eigenvalue weighted by atomic mass is 32.2. The fourth-order valence-corrected chi connectivity index (χ4v) is 6.00. The zero-order valence-electron chi connectivity index (χ0n) is 21.4. The predicted octanol–water partition coefficient (Wildman–Crippen LogP) is 5.93. The summed E-state index contributed by atoms with van der Waals surface area (Å²) in [4.78, 5) is 22.7. The molecule has 0 unspecified atom stereocenters. The second-order valence-corrected chi connectivity index (χ2v) is 10.8. The first-order valence-electron chi connectivity index (χ1n) is 12.0. The van der Waals surface area contributed by atoms with Gasteiger partial charge in [-0.15, -0.1) is 28.1 Å². The lowest BCUT2D eigenvalue weighted by Crippen LogP contribution is -2.11. The topological polar surface area (TPSA) is 94.9 Å². The molecule has 0 radical (unpaired) electrons. The number of hydrogen-bond acceptors (Lipinski definition) is 8. The Morgan fingerprint density at radius 2 is 1.82 bits per heavy atom. The summed E-state index contributed by atoms with van der Waals surface area (Å²) < 4.78 is 13.0. The molecule has 0 aliphatic rings. The monoisotopic (exact) mass is 545 g/mol. The summed E-state index contributed by atoms with van der Waals surface area (Å²) in [5.74, 6) is 3.18. The number of allylic oxidation sites excluding steroid dienone is 1. The fraction of sp³-hybridized carbons (Fsp3) is 0.214. The van der Waals surface area contributed by atoms with Crippen molar-refractivity contribution in [2.45, 2.75) is 37.9 Å². The van der Waals surface area contributed by atoms with Gasteiger partial charge in [-0.05, 0) is 43.7 Å². The van der Waals surface area contributed by atoms with Gasteiger partial charge in [0.05, 0.1) is 18.2 Å². The minimum Gasteiger partial charge on any atom is -0.497 e. The normalized spacial score (nSPS) is 11.1. The van der Waals surface area contributed by atoms with Gasteiger partial charge < -0.3 is 14.5 Å². The predicted molar refractivity (Wildman–Crippen MR) is 152 cm³/mol.